The molecule has 0 aliphatic heterocycles. The summed E-state index contributed by atoms with van der Waals surface area (Å²) < 4.78 is 4.80. The Morgan fingerprint density at radius 1 is 1.39 bits per heavy atom. The van der Waals surface area contributed by atoms with Gasteiger partial charge in [0.2, 0.25) is 5.91 Å². The summed E-state index contributed by atoms with van der Waals surface area (Å²) in [5.74, 6) is -0.124. The van der Waals surface area contributed by atoms with E-state index in [4.69, 9.17) is 4.74 Å². The smallest absolute Gasteiger partial charge is 0.293 e. The van der Waals surface area contributed by atoms with Crippen LogP contribution in [0.15, 0.2) is 42.5 Å². The molecule has 0 unspecified atom stereocenters. The highest BCUT2D eigenvalue weighted by atomic mass is 16.5. The molecule has 1 aromatic rings. The normalized spacial score (nSPS) is 12.1. The van der Waals surface area contributed by atoms with E-state index in [0.717, 1.165) is 5.56 Å². The van der Waals surface area contributed by atoms with E-state index in [2.05, 4.69) is 0 Å². The molecule has 1 rings (SSSR count). The van der Waals surface area contributed by atoms with Crippen LogP contribution in [0.5, 0.6) is 0 Å². The van der Waals surface area contributed by atoms with Gasteiger partial charge in [-0.2, -0.15) is 0 Å². The van der Waals surface area contributed by atoms with Gasteiger partial charge in [0.1, 0.15) is 6.61 Å². The van der Waals surface area contributed by atoms with Crippen LogP contribution in [0.3, 0.4) is 0 Å². The Kier molecular flexibility index (Phi) is 5.64. The SMILES string of the molecule is C/C=C/C(=O)N(C)[C@@H](COC=O)c1ccccc1. The fraction of sp³-hybridized carbons (Fsp3) is 0.286. The number of rotatable bonds is 6. The molecule has 0 N–H and O–H groups in total. The second-order valence-corrected chi connectivity index (χ2v) is 3.81. The molecule has 18 heavy (non-hydrogen) atoms. The minimum absolute atomic E-state index is 0.124. The Morgan fingerprint density at radius 2 is 2.06 bits per heavy atom. The molecule has 0 fully saturated rings. The zero-order valence-corrected chi connectivity index (χ0v) is 10.6. The van der Waals surface area contributed by atoms with Crippen molar-refractivity contribution in [2.45, 2.75) is 13.0 Å². The third-order valence-electron chi connectivity index (χ3n) is 2.63. The lowest BCUT2D eigenvalue weighted by Gasteiger charge is -2.26. The van der Waals surface area contributed by atoms with E-state index in [1.807, 2.05) is 30.3 Å². The quantitative estimate of drug-likeness (QED) is 0.570. The number of likely N-dealkylation sites (N-methyl/N-ethyl adjacent to an activating group) is 1. The average molecular weight is 247 g/mol. The predicted octanol–water partition coefficient (Wildman–Crippen LogP) is 1.94. The van der Waals surface area contributed by atoms with Crippen LogP contribution in [0.25, 0.3) is 0 Å². The third kappa shape index (κ3) is 3.73. The highest BCUT2D eigenvalue weighted by Crippen LogP contribution is 2.19. The molecule has 0 saturated carbocycles. The van der Waals surface area contributed by atoms with Crippen molar-refractivity contribution in [1.82, 2.24) is 4.90 Å². The van der Waals surface area contributed by atoms with Crippen molar-refractivity contribution in [3.05, 3.63) is 48.0 Å². The minimum atomic E-state index is -0.278. The monoisotopic (exact) mass is 247 g/mol. The summed E-state index contributed by atoms with van der Waals surface area (Å²) in [4.78, 5) is 23.7. The number of hydrogen-bond acceptors (Lipinski definition) is 3. The molecule has 0 aliphatic carbocycles. The molecule has 1 aromatic carbocycles. The van der Waals surface area contributed by atoms with E-state index in [1.54, 1.807) is 24.9 Å². The Labute approximate surface area is 107 Å². The van der Waals surface area contributed by atoms with Gasteiger partial charge in [-0.3, -0.25) is 9.59 Å². The summed E-state index contributed by atoms with van der Waals surface area (Å²) in [7, 11) is 1.69. The zero-order valence-electron chi connectivity index (χ0n) is 10.6. The van der Waals surface area contributed by atoms with Crippen LogP contribution in [0.1, 0.15) is 18.5 Å². The summed E-state index contributed by atoms with van der Waals surface area (Å²) in [6, 6.07) is 9.19. The maximum atomic E-state index is 11.8. The van der Waals surface area contributed by atoms with Crippen molar-refractivity contribution in [3.8, 4) is 0 Å². The molecular formula is C14H17NO3. The highest BCUT2D eigenvalue weighted by molar-refractivity contribution is 5.87. The number of ether oxygens (including phenoxy) is 1. The first-order valence-corrected chi connectivity index (χ1v) is 5.70. The topological polar surface area (TPSA) is 46.6 Å². The highest BCUT2D eigenvalue weighted by Gasteiger charge is 2.20. The number of amides is 1. The van der Waals surface area contributed by atoms with Crippen molar-refractivity contribution >= 4 is 12.4 Å². The Bertz CT molecular complexity index is 414. The van der Waals surface area contributed by atoms with Gasteiger partial charge in [-0.05, 0) is 18.6 Å². The molecular weight excluding hydrogens is 230 g/mol. The van der Waals surface area contributed by atoms with Crippen molar-refractivity contribution < 1.29 is 14.3 Å². The van der Waals surface area contributed by atoms with Gasteiger partial charge in [-0.1, -0.05) is 36.4 Å². The molecule has 0 heterocycles. The fourth-order valence-corrected chi connectivity index (χ4v) is 1.65. The Hall–Kier alpha value is -2.10. The lowest BCUT2D eigenvalue weighted by molar-refractivity contribution is -0.135. The molecule has 1 amide bonds. The minimum Gasteiger partial charge on any atom is -0.465 e. The van der Waals surface area contributed by atoms with Crippen LogP contribution in [0.2, 0.25) is 0 Å². The molecule has 0 aromatic heterocycles. The Balaban J connectivity index is 2.90. The van der Waals surface area contributed by atoms with Crippen molar-refractivity contribution in [1.29, 1.82) is 0 Å². The second-order valence-electron chi connectivity index (χ2n) is 3.81. The standard InChI is InChI=1S/C14H17NO3/c1-3-7-14(17)15(2)13(10-18-11-16)12-8-5-4-6-9-12/h3-9,11,13H,10H2,1-2H3/b7-3+/t13-/m0/s1. The largest absolute Gasteiger partial charge is 0.465 e. The molecule has 4 nitrogen and oxygen atoms in total. The van der Waals surface area contributed by atoms with E-state index < -0.39 is 0 Å². The van der Waals surface area contributed by atoms with Gasteiger partial charge in [-0.15, -0.1) is 0 Å². The maximum absolute atomic E-state index is 11.8. The molecule has 0 radical (unpaired) electrons. The lowest BCUT2D eigenvalue weighted by atomic mass is 10.1. The van der Waals surface area contributed by atoms with E-state index >= 15 is 0 Å². The van der Waals surface area contributed by atoms with Crippen LogP contribution < -0.4 is 0 Å². The molecule has 0 spiro atoms. The molecule has 0 aliphatic rings. The number of carbonyl (C=O) groups is 2. The summed E-state index contributed by atoms with van der Waals surface area (Å²) in [6.45, 7) is 2.32. The first-order valence-electron chi connectivity index (χ1n) is 5.70. The third-order valence-corrected chi connectivity index (χ3v) is 2.63. The van der Waals surface area contributed by atoms with Gasteiger partial charge in [0.15, 0.2) is 0 Å². The van der Waals surface area contributed by atoms with Crippen molar-refractivity contribution in [2.24, 2.45) is 0 Å². The van der Waals surface area contributed by atoms with E-state index in [0.29, 0.717) is 6.47 Å². The molecule has 0 bridgehead atoms. The fourth-order valence-electron chi connectivity index (χ4n) is 1.65. The summed E-state index contributed by atoms with van der Waals surface area (Å²) in [5.41, 5.74) is 0.930. The summed E-state index contributed by atoms with van der Waals surface area (Å²) in [6.07, 6.45) is 3.16. The molecule has 96 valence electrons. The first-order chi connectivity index (χ1) is 8.70. The summed E-state index contributed by atoms with van der Waals surface area (Å²) >= 11 is 0. The Morgan fingerprint density at radius 3 is 2.61 bits per heavy atom. The molecule has 1 atom stereocenters. The number of hydrogen-bond donors (Lipinski definition) is 0. The molecule has 4 heteroatoms. The van der Waals surface area contributed by atoms with Gasteiger partial charge >= 0.3 is 0 Å². The van der Waals surface area contributed by atoms with Crippen LogP contribution >= 0.6 is 0 Å². The number of benzene rings is 1. The van der Waals surface area contributed by atoms with E-state index in [-0.39, 0.29) is 18.6 Å². The lowest BCUT2D eigenvalue weighted by Crippen LogP contribution is -2.32. The predicted molar refractivity (Wildman–Crippen MR) is 68.8 cm³/mol. The average Bonchev–Trinajstić information content (AvgIpc) is 2.40. The van der Waals surface area contributed by atoms with Crippen LogP contribution in [0.4, 0.5) is 0 Å². The van der Waals surface area contributed by atoms with Gasteiger partial charge in [-0.25, -0.2) is 0 Å². The van der Waals surface area contributed by atoms with Gasteiger partial charge in [0, 0.05) is 7.05 Å². The van der Waals surface area contributed by atoms with E-state index in [9.17, 15) is 9.59 Å². The number of carbonyl (C=O) groups excluding carboxylic acids is 2. The van der Waals surface area contributed by atoms with Gasteiger partial charge in [0.25, 0.3) is 6.47 Å². The van der Waals surface area contributed by atoms with E-state index in [1.165, 1.54) is 6.08 Å². The van der Waals surface area contributed by atoms with Crippen molar-refractivity contribution in [3.63, 3.8) is 0 Å². The summed E-state index contributed by atoms with van der Waals surface area (Å²) in [5, 5.41) is 0. The second kappa shape index (κ2) is 7.27. The van der Waals surface area contributed by atoms with Crippen LogP contribution in [-0.4, -0.2) is 30.9 Å². The van der Waals surface area contributed by atoms with Crippen molar-refractivity contribution in [2.75, 3.05) is 13.7 Å². The first kappa shape index (κ1) is 14.0. The van der Waals surface area contributed by atoms with Gasteiger partial charge in [0.05, 0.1) is 6.04 Å². The van der Waals surface area contributed by atoms with Crippen LogP contribution in [-0.2, 0) is 14.3 Å². The number of allylic oxidation sites excluding steroid dienone is 1. The zero-order chi connectivity index (χ0) is 13.4. The van der Waals surface area contributed by atoms with Gasteiger partial charge < -0.3 is 9.64 Å². The van der Waals surface area contributed by atoms with Crippen LogP contribution in [0, 0.1) is 0 Å². The molecule has 0 saturated heterocycles. The number of nitrogens with zero attached hydrogens (tertiary/aromatic N) is 1. The maximum Gasteiger partial charge on any atom is 0.293 e.